The molecule has 4 bridgehead atoms. The molecule has 4 aliphatic rings. The monoisotopic (exact) mass is 377 g/mol. The van der Waals surface area contributed by atoms with Crippen LogP contribution in [0.15, 0.2) is 30.1 Å². The van der Waals surface area contributed by atoms with Gasteiger partial charge in [-0.1, -0.05) is 11.6 Å². The van der Waals surface area contributed by atoms with Gasteiger partial charge in [-0.3, -0.25) is 4.79 Å². The van der Waals surface area contributed by atoms with Crippen LogP contribution < -0.4 is 11.1 Å². The summed E-state index contributed by atoms with van der Waals surface area (Å²) in [7, 11) is 0. The number of H-pyrrole nitrogens is 1. The standard InChI is InChI=1S/C21H23N5O2/c22-3-1-5-28-21-8-12-6-13(9-21)17(14(7-12)10-21)26-18-15-2-4-24-20(15)25-11-16(18)19(23)27/h2,4,6,11,13-14,17H,1,5,7-10H2,(H2,23,27)(H2,24,25,26)/t13-,14+,17-,21-/m1/s1. The molecule has 0 unspecified atom stereocenters. The zero-order chi connectivity index (χ0) is 19.3. The van der Waals surface area contributed by atoms with Crippen LogP contribution in [-0.4, -0.2) is 34.1 Å². The first kappa shape index (κ1) is 17.3. The van der Waals surface area contributed by atoms with E-state index < -0.39 is 5.91 Å². The summed E-state index contributed by atoms with van der Waals surface area (Å²) in [5.74, 6) is 0.315. The molecule has 2 heterocycles. The molecule has 0 radical (unpaired) electrons. The van der Waals surface area contributed by atoms with Crippen LogP contribution >= 0.6 is 0 Å². The van der Waals surface area contributed by atoms with Crippen molar-refractivity contribution in [1.29, 1.82) is 5.26 Å². The summed E-state index contributed by atoms with van der Waals surface area (Å²) in [6.45, 7) is 0.501. The maximum absolute atomic E-state index is 12.0. The molecule has 1 amide bonds. The summed E-state index contributed by atoms with van der Waals surface area (Å²) in [5, 5.41) is 13.4. The van der Waals surface area contributed by atoms with Crippen molar-refractivity contribution in [3.63, 3.8) is 0 Å². The van der Waals surface area contributed by atoms with Gasteiger partial charge in [0.1, 0.15) is 5.65 Å². The fraction of sp³-hybridized carbons (Fsp3) is 0.476. The highest BCUT2D eigenvalue weighted by Crippen LogP contribution is 2.55. The number of carbonyl (C=O) groups is 1. The Morgan fingerprint density at radius 3 is 3.18 bits per heavy atom. The topological polar surface area (TPSA) is 117 Å². The minimum absolute atomic E-state index is 0.124. The molecule has 0 saturated heterocycles. The number of carbonyl (C=O) groups excluding carboxylic acids is 1. The number of aromatic nitrogens is 2. The molecule has 2 aromatic heterocycles. The van der Waals surface area contributed by atoms with E-state index in [-0.39, 0.29) is 11.6 Å². The number of ether oxygens (including phenoxy) is 1. The van der Waals surface area contributed by atoms with Crippen LogP contribution in [-0.2, 0) is 4.74 Å². The zero-order valence-electron chi connectivity index (χ0n) is 15.6. The Labute approximate surface area is 163 Å². The molecule has 2 aromatic rings. The number of primary amides is 1. The van der Waals surface area contributed by atoms with E-state index in [0.717, 1.165) is 42.4 Å². The highest BCUT2D eigenvalue weighted by Gasteiger charge is 2.53. The lowest BCUT2D eigenvalue weighted by molar-refractivity contribution is -0.110. The molecule has 7 nitrogen and oxygen atoms in total. The van der Waals surface area contributed by atoms with Crippen molar-refractivity contribution in [3.05, 3.63) is 35.7 Å². The number of hydrogen-bond acceptors (Lipinski definition) is 5. The molecule has 4 N–H and O–H groups in total. The number of pyridine rings is 1. The number of nitrogens with one attached hydrogen (secondary N) is 2. The van der Waals surface area contributed by atoms with Gasteiger partial charge in [-0.05, 0) is 37.7 Å². The van der Waals surface area contributed by atoms with E-state index in [4.69, 9.17) is 15.7 Å². The van der Waals surface area contributed by atoms with Crippen molar-refractivity contribution in [1.82, 2.24) is 9.97 Å². The Bertz CT molecular complexity index is 1020. The third-order valence-corrected chi connectivity index (χ3v) is 6.52. The Kier molecular flexibility index (Phi) is 3.91. The highest BCUT2D eigenvalue weighted by atomic mass is 16.5. The number of nitriles is 1. The first-order chi connectivity index (χ1) is 13.6. The van der Waals surface area contributed by atoms with Crippen LogP contribution in [0.4, 0.5) is 5.69 Å². The van der Waals surface area contributed by atoms with Gasteiger partial charge in [-0.25, -0.2) is 4.98 Å². The normalized spacial score (nSPS) is 30.2. The SMILES string of the molecule is N#CCCO[C@]12CC3=C[C@H](C1)[C@@H](Nc1c(C(N)=O)cnc4[nH]ccc14)[C@@H](C3)C2. The molecule has 2 saturated carbocycles. The zero-order valence-corrected chi connectivity index (χ0v) is 15.6. The second-order valence-corrected chi connectivity index (χ2v) is 8.30. The van der Waals surface area contributed by atoms with Gasteiger partial charge >= 0.3 is 0 Å². The fourth-order valence-corrected chi connectivity index (χ4v) is 5.58. The molecule has 4 atom stereocenters. The molecule has 28 heavy (non-hydrogen) atoms. The molecule has 0 aliphatic heterocycles. The van der Waals surface area contributed by atoms with Gasteiger partial charge in [0.25, 0.3) is 5.91 Å². The largest absolute Gasteiger partial charge is 0.380 e. The summed E-state index contributed by atoms with van der Waals surface area (Å²) in [4.78, 5) is 19.4. The molecule has 0 aromatic carbocycles. The predicted molar refractivity (Wildman–Crippen MR) is 104 cm³/mol. The number of rotatable bonds is 6. The summed E-state index contributed by atoms with van der Waals surface area (Å²) in [6.07, 6.45) is 10.2. The van der Waals surface area contributed by atoms with Crippen molar-refractivity contribution in [2.75, 3.05) is 11.9 Å². The average Bonchev–Trinajstić information content (AvgIpc) is 3.13. The molecule has 4 aliphatic carbocycles. The van der Waals surface area contributed by atoms with Gasteiger partial charge in [0.05, 0.1) is 35.9 Å². The second-order valence-electron chi connectivity index (χ2n) is 8.30. The van der Waals surface area contributed by atoms with E-state index in [0.29, 0.717) is 30.4 Å². The van der Waals surface area contributed by atoms with Crippen LogP contribution in [0.1, 0.15) is 42.5 Å². The Morgan fingerprint density at radius 2 is 2.39 bits per heavy atom. The maximum Gasteiger partial charge on any atom is 0.252 e. The first-order valence-corrected chi connectivity index (χ1v) is 9.81. The number of nitrogens with two attached hydrogens (primary N) is 1. The predicted octanol–water partition coefficient (Wildman–Crippen LogP) is 2.87. The number of hydrogen-bond donors (Lipinski definition) is 3. The van der Waals surface area contributed by atoms with Gasteiger partial charge in [-0.2, -0.15) is 5.26 Å². The highest BCUT2D eigenvalue weighted by molar-refractivity contribution is 6.06. The van der Waals surface area contributed by atoms with Gasteiger partial charge in [-0.15, -0.1) is 0 Å². The van der Waals surface area contributed by atoms with Crippen LogP contribution in [0.3, 0.4) is 0 Å². The van der Waals surface area contributed by atoms with E-state index >= 15 is 0 Å². The Morgan fingerprint density at radius 1 is 1.50 bits per heavy atom. The van der Waals surface area contributed by atoms with Crippen LogP contribution in [0.2, 0.25) is 0 Å². The number of aromatic amines is 1. The van der Waals surface area contributed by atoms with Gasteiger partial charge in [0.2, 0.25) is 0 Å². The average molecular weight is 377 g/mol. The van der Waals surface area contributed by atoms with Crippen LogP contribution in [0, 0.1) is 23.2 Å². The van der Waals surface area contributed by atoms with E-state index in [1.807, 2.05) is 12.3 Å². The van der Waals surface area contributed by atoms with Gasteiger partial charge in [0.15, 0.2) is 0 Å². The summed E-state index contributed by atoms with van der Waals surface area (Å²) in [5.41, 5.74) is 8.91. The van der Waals surface area contributed by atoms with E-state index in [9.17, 15) is 4.79 Å². The van der Waals surface area contributed by atoms with E-state index in [2.05, 4.69) is 27.4 Å². The number of fused-ring (bicyclic) bond motifs is 1. The molecule has 2 fully saturated rings. The lowest BCUT2D eigenvalue weighted by atomic mass is 9.56. The lowest BCUT2D eigenvalue weighted by Gasteiger charge is -2.56. The van der Waals surface area contributed by atoms with Crippen LogP contribution in [0.25, 0.3) is 11.0 Å². The number of nitrogens with zero attached hydrogens (tertiary/aromatic N) is 2. The summed E-state index contributed by atoms with van der Waals surface area (Å²) in [6, 6.07) is 4.33. The second kappa shape index (κ2) is 6.35. The van der Waals surface area contributed by atoms with Crippen LogP contribution in [0.5, 0.6) is 0 Å². The smallest absolute Gasteiger partial charge is 0.252 e. The molecular formula is C21H23N5O2. The van der Waals surface area contributed by atoms with Crippen molar-refractivity contribution < 1.29 is 9.53 Å². The third kappa shape index (κ3) is 2.68. The molecule has 144 valence electrons. The van der Waals surface area contributed by atoms with Crippen molar-refractivity contribution in [2.24, 2.45) is 17.6 Å². The first-order valence-electron chi connectivity index (χ1n) is 9.81. The molecule has 0 spiro atoms. The Hall–Kier alpha value is -2.85. The lowest BCUT2D eigenvalue weighted by Crippen LogP contribution is -2.56. The van der Waals surface area contributed by atoms with E-state index in [1.165, 1.54) is 5.57 Å². The van der Waals surface area contributed by atoms with E-state index in [1.54, 1.807) is 6.20 Å². The molecule has 6 rings (SSSR count). The van der Waals surface area contributed by atoms with Crippen molar-refractivity contribution in [3.8, 4) is 6.07 Å². The van der Waals surface area contributed by atoms with Gasteiger partial charge < -0.3 is 20.8 Å². The van der Waals surface area contributed by atoms with Crippen molar-refractivity contribution >= 4 is 22.6 Å². The fourth-order valence-electron chi connectivity index (χ4n) is 5.58. The minimum Gasteiger partial charge on any atom is -0.380 e. The summed E-state index contributed by atoms with van der Waals surface area (Å²) >= 11 is 0. The summed E-state index contributed by atoms with van der Waals surface area (Å²) < 4.78 is 6.22. The number of amides is 1. The van der Waals surface area contributed by atoms with Crippen molar-refractivity contribution in [2.45, 2.75) is 43.7 Å². The van der Waals surface area contributed by atoms with Gasteiger partial charge in [0, 0.05) is 29.7 Å². The minimum atomic E-state index is -0.475. The third-order valence-electron chi connectivity index (χ3n) is 6.52. The number of anilines is 1. The molecule has 7 heteroatoms. The quantitative estimate of drug-likeness (QED) is 0.529. The maximum atomic E-state index is 12.0. The Balaban J connectivity index is 1.45. The molecular weight excluding hydrogens is 354 g/mol.